The first-order chi connectivity index (χ1) is 10.4. The van der Waals surface area contributed by atoms with Crippen LogP contribution in [0.2, 0.25) is 0 Å². The molecule has 0 aromatic heterocycles. The SMILES string of the molecule is CCN(C[C@H](C)C#N)C(=O)CNc1ccc(C(N)=O)c(C)c1. The van der Waals surface area contributed by atoms with Gasteiger partial charge >= 0.3 is 0 Å². The molecule has 3 N–H and O–H groups in total. The normalized spacial score (nSPS) is 11.4. The number of anilines is 1. The third kappa shape index (κ3) is 4.77. The quantitative estimate of drug-likeness (QED) is 0.797. The zero-order valence-electron chi connectivity index (χ0n) is 13.2. The Morgan fingerprint density at radius 2 is 2.14 bits per heavy atom. The summed E-state index contributed by atoms with van der Waals surface area (Å²) in [6.45, 7) is 6.59. The summed E-state index contributed by atoms with van der Waals surface area (Å²) in [5.74, 6) is -0.731. The van der Waals surface area contributed by atoms with Crippen molar-refractivity contribution in [3.8, 4) is 6.07 Å². The Labute approximate surface area is 130 Å². The van der Waals surface area contributed by atoms with E-state index in [1.165, 1.54) is 0 Å². The molecule has 6 nitrogen and oxygen atoms in total. The number of aryl methyl sites for hydroxylation is 1. The van der Waals surface area contributed by atoms with Crippen LogP contribution >= 0.6 is 0 Å². The summed E-state index contributed by atoms with van der Waals surface area (Å²) in [5, 5.41) is 11.9. The van der Waals surface area contributed by atoms with E-state index >= 15 is 0 Å². The number of nitriles is 1. The molecule has 0 saturated carbocycles. The minimum absolute atomic E-state index is 0.0683. The van der Waals surface area contributed by atoms with Crippen LogP contribution in [0.3, 0.4) is 0 Å². The average Bonchev–Trinajstić information content (AvgIpc) is 2.49. The molecule has 0 heterocycles. The maximum absolute atomic E-state index is 12.1. The number of primary amides is 1. The van der Waals surface area contributed by atoms with E-state index in [0.29, 0.717) is 18.7 Å². The summed E-state index contributed by atoms with van der Waals surface area (Å²) in [4.78, 5) is 25.0. The lowest BCUT2D eigenvalue weighted by atomic mass is 10.1. The summed E-state index contributed by atoms with van der Waals surface area (Å²) in [5.41, 5.74) is 7.23. The van der Waals surface area contributed by atoms with Crippen LogP contribution in [0.5, 0.6) is 0 Å². The minimum Gasteiger partial charge on any atom is -0.376 e. The molecule has 0 fully saturated rings. The van der Waals surface area contributed by atoms with E-state index in [-0.39, 0.29) is 18.4 Å². The molecule has 0 bridgehead atoms. The highest BCUT2D eigenvalue weighted by molar-refractivity contribution is 5.94. The van der Waals surface area contributed by atoms with Crippen molar-refractivity contribution < 1.29 is 9.59 Å². The monoisotopic (exact) mass is 302 g/mol. The number of carbonyl (C=O) groups is 2. The van der Waals surface area contributed by atoms with Crippen LogP contribution in [-0.2, 0) is 4.79 Å². The van der Waals surface area contributed by atoms with E-state index in [1.54, 1.807) is 36.9 Å². The van der Waals surface area contributed by atoms with Gasteiger partial charge in [0.1, 0.15) is 0 Å². The number of benzene rings is 1. The van der Waals surface area contributed by atoms with E-state index in [0.717, 1.165) is 11.3 Å². The molecule has 1 rings (SSSR count). The van der Waals surface area contributed by atoms with E-state index < -0.39 is 5.91 Å². The van der Waals surface area contributed by atoms with Gasteiger partial charge in [-0.25, -0.2) is 0 Å². The van der Waals surface area contributed by atoms with Crippen LogP contribution in [-0.4, -0.2) is 36.3 Å². The van der Waals surface area contributed by atoms with Crippen molar-refractivity contribution >= 4 is 17.5 Å². The minimum atomic E-state index is -0.470. The number of rotatable bonds is 7. The lowest BCUT2D eigenvalue weighted by Gasteiger charge is -2.22. The number of nitrogens with two attached hydrogens (primary N) is 1. The first-order valence-corrected chi connectivity index (χ1v) is 7.20. The van der Waals surface area contributed by atoms with Gasteiger partial charge in [-0.05, 0) is 44.5 Å². The number of hydrogen-bond donors (Lipinski definition) is 2. The van der Waals surface area contributed by atoms with Crippen LogP contribution in [0.4, 0.5) is 5.69 Å². The maximum atomic E-state index is 12.1. The largest absolute Gasteiger partial charge is 0.376 e. The molecule has 0 radical (unpaired) electrons. The number of nitrogens with zero attached hydrogens (tertiary/aromatic N) is 2. The fourth-order valence-corrected chi connectivity index (χ4v) is 2.12. The Morgan fingerprint density at radius 3 is 2.64 bits per heavy atom. The molecule has 0 saturated heterocycles. The fourth-order valence-electron chi connectivity index (χ4n) is 2.12. The Kier molecular flexibility index (Phi) is 6.39. The van der Waals surface area contributed by atoms with E-state index in [9.17, 15) is 9.59 Å². The molecule has 0 aliphatic rings. The van der Waals surface area contributed by atoms with Crippen LogP contribution < -0.4 is 11.1 Å². The maximum Gasteiger partial charge on any atom is 0.248 e. The van der Waals surface area contributed by atoms with Crippen molar-refractivity contribution in [3.05, 3.63) is 29.3 Å². The second-order valence-electron chi connectivity index (χ2n) is 5.21. The standard InChI is InChI=1S/C16H22N4O2/c1-4-20(10-11(2)8-17)15(21)9-19-13-5-6-14(16(18)22)12(3)7-13/h5-7,11,19H,4,9-10H2,1-3H3,(H2,18,22)/t11-/m1/s1. The van der Waals surface area contributed by atoms with Crippen molar-refractivity contribution in [1.29, 1.82) is 5.26 Å². The van der Waals surface area contributed by atoms with Gasteiger partial charge in [-0.1, -0.05) is 0 Å². The smallest absolute Gasteiger partial charge is 0.248 e. The van der Waals surface area contributed by atoms with E-state index in [1.807, 2.05) is 6.92 Å². The summed E-state index contributed by atoms with van der Waals surface area (Å²) < 4.78 is 0. The predicted octanol–water partition coefficient (Wildman–Crippen LogP) is 1.51. The van der Waals surface area contributed by atoms with Crippen LogP contribution in [0, 0.1) is 24.2 Å². The van der Waals surface area contributed by atoms with Crippen molar-refractivity contribution in [2.45, 2.75) is 20.8 Å². The Bertz CT molecular complexity index is 592. The van der Waals surface area contributed by atoms with Gasteiger partial charge in [0.2, 0.25) is 11.8 Å². The molecule has 1 aromatic rings. The lowest BCUT2D eigenvalue weighted by molar-refractivity contribution is -0.129. The second kappa shape index (κ2) is 8.03. The molecular weight excluding hydrogens is 280 g/mol. The van der Waals surface area contributed by atoms with Gasteiger partial charge in [0, 0.05) is 24.3 Å². The van der Waals surface area contributed by atoms with Crippen LogP contribution in [0.1, 0.15) is 29.8 Å². The van der Waals surface area contributed by atoms with Gasteiger partial charge in [-0.15, -0.1) is 0 Å². The number of amides is 2. The average molecular weight is 302 g/mol. The van der Waals surface area contributed by atoms with Gasteiger partial charge in [-0.2, -0.15) is 5.26 Å². The van der Waals surface area contributed by atoms with Crippen LogP contribution in [0.15, 0.2) is 18.2 Å². The summed E-state index contributed by atoms with van der Waals surface area (Å²) >= 11 is 0. The third-order valence-corrected chi connectivity index (χ3v) is 3.38. The molecule has 118 valence electrons. The fraction of sp³-hybridized carbons (Fsp3) is 0.438. The third-order valence-electron chi connectivity index (χ3n) is 3.38. The molecule has 22 heavy (non-hydrogen) atoms. The van der Waals surface area contributed by atoms with Crippen molar-refractivity contribution in [3.63, 3.8) is 0 Å². The predicted molar refractivity (Wildman–Crippen MR) is 85.2 cm³/mol. The van der Waals surface area contributed by atoms with Gasteiger partial charge in [0.15, 0.2) is 0 Å². The molecule has 1 atom stereocenters. The molecule has 6 heteroatoms. The molecule has 0 aliphatic heterocycles. The number of carbonyl (C=O) groups excluding carboxylic acids is 2. The van der Waals surface area contributed by atoms with Crippen LogP contribution in [0.25, 0.3) is 0 Å². The molecular formula is C16H22N4O2. The number of hydrogen-bond acceptors (Lipinski definition) is 4. The number of nitrogens with one attached hydrogen (secondary N) is 1. The van der Waals surface area contributed by atoms with Gasteiger partial charge in [0.05, 0.1) is 18.5 Å². The van der Waals surface area contributed by atoms with Crippen molar-refractivity contribution in [2.24, 2.45) is 11.7 Å². The molecule has 2 amide bonds. The highest BCUT2D eigenvalue weighted by Crippen LogP contribution is 2.14. The summed E-state index contributed by atoms with van der Waals surface area (Å²) in [6, 6.07) is 7.26. The van der Waals surface area contributed by atoms with Gasteiger partial charge in [-0.3, -0.25) is 9.59 Å². The molecule has 0 spiro atoms. The highest BCUT2D eigenvalue weighted by atomic mass is 16.2. The first kappa shape index (κ1) is 17.5. The van der Waals surface area contributed by atoms with E-state index in [4.69, 9.17) is 11.0 Å². The molecule has 0 aliphatic carbocycles. The van der Waals surface area contributed by atoms with Gasteiger partial charge < -0.3 is 16.0 Å². The lowest BCUT2D eigenvalue weighted by Crippen LogP contribution is -2.38. The Morgan fingerprint density at radius 1 is 1.45 bits per heavy atom. The van der Waals surface area contributed by atoms with E-state index in [2.05, 4.69) is 11.4 Å². The molecule has 0 unspecified atom stereocenters. The number of likely N-dealkylation sites (N-methyl/N-ethyl adjacent to an activating group) is 1. The molecule has 1 aromatic carbocycles. The van der Waals surface area contributed by atoms with Crippen molar-refractivity contribution in [2.75, 3.05) is 25.0 Å². The summed E-state index contributed by atoms with van der Waals surface area (Å²) in [7, 11) is 0. The second-order valence-corrected chi connectivity index (χ2v) is 5.21. The van der Waals surface area contributed by atoms with Gasteiger partial charge in [0.25, 0.3) is 0 Å². The Balaban J connectivity index is 2.65. The Hall–Kier alpha value is -2.55. The first-order valence-electron chi connectivity index (χ1n) is 7.20. The topological polar surface area (TPSA) is 99.2 Å². The zero-order chi connectivity index (χ0) is 16.7. The highest BCUT2D eigenvalue weighted by Gasteiger charge is 2.14. The van der Waals surface area contributed by atoms with Crippen molar-refractivity contribution in [1.82, 2.24) is 4.90 Å². The zero-order valence-corrected chi connectivity index (χ0v) is 13.2. The summed E-state index contributed by atoms with van der Waals surface area (Å²) in [6.07, 6.45) is 0.